The first-order valence-electron chi connectivity index (χ1n) is 11.0. The Morgan fingerprint density at radius 1 is 0.600 bits per heavy atom. The maximum absolute atomic E-state index is 10.8. The van der Waals surface area contributed by atoms with Crippen molar-refractivity contribution in [2.24, 2.45) is 0 Å². The lowest BCUT2D eigenvalue weighted by molar-refractivity contribution is -0.142. The summed E-state index contributed by atoms with van der Waals surface area (Å²) in [5.74, 6) is -0.272. The summed E-state index contributed by atoms with van der Waals surface area (Å²) >= 11 is 0. The Bertz CT molecular complexity index is 545. The van der Waals surface area contributed by atoms with Gasteiger partial charge in [-0.25, -0.2) is 0 Å². The molecule has 0 heterocycles. The van der Waals surface area contributed by atoms with E-state index in [1.807, 2.05) is 12.2 Å². The second-order valence-corrected chi connectivity index (χ2v) is 7.81. The van der Waals surface area contributed by atoms with E-state index in [9.17, 15) is 9.59 Å². The molecule has 4 nitrogen and oxygen atoms in total. The fraction of sp³-hybridized carbons (Fsp3) is 0.615. The first kappa shape index (κ1) is 30.1. The maximum atomic E-state index is 10.8. The van der Waals surface area contributed by atoms with Crippen LogP contribution >= 0.6 is 0 Å². The van der Waals surface area contributed by atoms with Crippen molar-refractivity contribution < 1.29 is 19.1 Å². The average Bonchev–Trinajstić information content (AvgIpc) is 2.67. The van der Waals surface area contributed by atoms with Gasteiger partial charge in [0.15, 0.2) is 0 Å². The van der Waals surface area contributed by atoms with Crippen molar-refractivity contribution in [3.63, 3.8) is 0 Å². The molecule has 0 aromatic heterocycles. The zero-order chi connectivity index (χ0) is 23.4. The van der Waals surface area contributed by atoms with Crippen LogP contribution in [0.25, 0.3) is 0 Å². The maximum Gasteiger partial charge on any atom is 0.305 e. The number of carbonyl (C=O) groups excluding carboxylic acids is 2. The highest BCUT2D eigenvalue weighted by atomic mass is 16.5. The van der Waals surface area contributed by atoms with Crippen LogP contribution in [0.3, 0.4) is 0 Å². The minimum atomic E-state index is -0.136. The fourth-order valence-corrected chi connectivity index (χ4v) is 2.14. The standard InChI is InChI=1S/2C13H22O2/c2*1-5-13(14)15-10-9-12(4)8-6-7-11(2)3/h2*7,9H,5-6,8,10H2,1-4H3/b2*12-9+. The number of rotatable bonds is 12. The van der Waals surface area contributed by atoms with Crippen LogP contribution in [0.15, 0.2) is 46.6 Å². The molecular formula is C26H44O4. The van der Waals surface area contributed by atoms with E-state index in [1.165, 1.54) is 22.3 Å². The van der Waals surface area contributed by atoms with Gasteiger partial charge in [-0.2, -0.15) is 0 Å². The first-order chi connectivity index (χ1) is 14.1. The molecule has 30 heavy (non-hydrogen) atoms. The van der Waals surface area contributed by atoms with Crippen molar-refractivity contribution in [1.82, 2.24) is 0 Å². The van der Waals surface area contributed by atoms with Crippen LogP contribution in [0.2, 0.25) is 0 Å². The monoisotopic (exact) mass is 420 g/mol. The summed E-state index contributed by atoms with van der Waals surface area (Å²) in [6, 6.07) is 0. The van der Waals surface area contributed by atoms with Crippen molar-refractivity contribution in [3.05, 3.63) is 46.6 Å². The third-order valence-corrected chi connectivity index (χ3v) is 4.11. The van der Waals surface area contributed by atoms with Gasteiger partial charge in [-0.15, -0.1) is 0 Å². The van der Waals surface area contributed by atoms with Gasteiger partial charge in [-0.3, -0.25) is 9.59 Å². The zero-order valence-electron chi connectivity index (χ0n) is 20.6. The normalized spacial score (nSPS) is 11.1. The average molecular weight is 421 g/mol. The predicted molar refractivity (Wildman–Crippen MR) is 127 cm³/mol. The summed E-state index contributed by atoms with van der Waals surface area (Å²) in [5, 5.41) is 0. The molecule has 0 spiro atoms. The van der Waals surface area contributed by atoms with Crippen molar-refractivity contribution in [2.45, 2.75) is 93.9 Å². The fourth-order valence-electron chi connectivity index (χ4n) is 2.14. The van der Waals surface area contributed by atoms with Gasteiger partial charge in [-0.05, 0) is 79.4 Å². The Morgan fingerprint density at radius 3 is 1.20 bits per heavy atom. The van der Waals surface area contributed by atoms with Crippen LogP contribution in [-0.2, 0) is 19.1 Å². The molecule has 0 aromatic carbocycles. The Labute approximate surface area is 185 Å². The molecule has 0 rings (SSSR count). The lowest BCUT2D eigenvalue weighted by atomic mass is 10.1. The lowest BCUT2D eigenvalue weighted by Gasteiger charge is -2.01. The molecule has 0 saturated heterocycles. The molecule has 0 amide bonds. The number of hydrogen-bond donors (Lipinski definition) is 0. The molecule has 0 aliphatic carbocycles. The minimum absolute atomic E-state index is 0.136. The summed E-state index contributed by atoms with van der Waals surface area (Å²) in [4.78, 5) is 21.7. The Hall–Kier alpha value is -2.10. The summed E-state index contributed by atoms with van der Waals surface area (Å²) < 4.78 is 9.92. The van der Waals surface area contributed by atoms with Gasteiger partial charge in [0, 0.05) is 12.8 Å². The first-order valence-corrected chi connectivity index (χ1v) is 11.0. The van der Waals surface area contributed by atoms with Gasteiger partial charge >= 0.3 is 11.9 Å². The number of hydrogen-bond acceptors (Lipinski definition) is 4. The third kappa shape index (κ3) is 23.9. The second-order valence-electron chi connectivity index (χ2n) is 7.81. The van der Waals surface area contributed by atoms with Crippen LogP contribution in [0, 0.1) is 0 Å². The van der Waals surface area contributed by atoms with E-state index in [2.05, 4.69) is 53.7 Å². The smallest absolute Gasteiger partial charge is 0.305 e. The third-order valence-electron chi connectivity index (χ3n) is 4.11. The van der Waals surface area contributed by atoms with Gasteiger partial charge in [0.1, 0.15) is 13.2 Å². The van der Waals surface area contributed by atoms with Gasteiger partial charge < -0.3 is 9.47 Å². The number of esters is 2. The molecule has 0 unspecified atom stereocenters. The summed E-state index contributed by atoms with van der Waals surface area (Å²) in [5.41, 5.74) is 5.24. The predicted octanol–water partition coefficient (Wildman–Crippen LogP) is 7.26. The largest absolute Gasteiger partial charge is 0.461 e. The molecular weight excluding hydrogens is 376 g/mol. The number of allylic oxidation sites excluding steroid dienone is 6. The number of ether oxygens (including phenoxy) is 2. The quantitative estimate of drug-likeness (QED) is 0.246. The van der Waals surface area contributed by atoms with E-state index in [1.54, 1.807) is 13.8 Å². The van der Waals surface area contributed by atoms with E-state index >= 15 is 0 Å². The molecule has 0 fully saturated rings. The molecule has 0 radical (unpaired) electrons. The van der Waals surface area contributed by atoms with E-state index in [0.717, 1.165) is 25.7 Å². The molecule has 0 atom stereocenters. The van der Waals surface area contributed by atoms with Crippen LogP contribution in [0.5, 0.6) is 0 Å². The van der Waals surface area contributed by atoms with Crippen LogP contribution in [0.1, 0.15) is 93.9 Å². The summed E-state index contributed by atoms with van der Waals surface area (Å²) in [7, 11) is 0. The Kier molecular flexibility index (Phi) is 20.2. The number of carbonyl (C=O) groups is 2. The molecule has 0 N–H and O–H groups in total. The Balaban J connectivity index is 0. The highest BCUT2D eigenvalue weighted by molar-refractivity contribution is 5.69. The minimum Gasteiger partial charge on any atom is -0.461 e. The van der Waals surface area contributed by atoms with Crippen LogP contribution < -0.4 is 0 Å². The zero-order valence-corrected chi connectivity index (χ0v) is 20.6. The van der Waals surface area contributed by atoms with Crippen molar-refractivity contribution in [2.75, 3.05) is 13.2 Å². The Morgan fingerprint density at radius 2 is 0.933 bits per heavy atom. The van der Waals surface area contributed by atoms with E-state index in [4.69, 9.17) is 9.47 Å². The topological polar surface area (TPSA) is 52.6 Å². The van der Waals surface area contributed by atoms with Gasteiger partial charge in [0.2, 0.25) is 0 Å². The highest BCUT2D eigenvalue weighted by Gasteiger charge is 1.96. The van der Waals surface area contributed by atoms with E-state index < -0.39 is 0 Å². The van der Waals surface area contributed by atoms with Gasteiger partial charge in [0.05, 0.1) is 0 Å². The molecule has 0 aliphatic rings. The molecule has 172 valence electrons. The SMILES string of the molecule is CCC(=O)OC/C=C(\C)CCC=C(C)C.CCC(=O)OC/C=C(\C)CCC=C(C)C. The molecule has 0 bridgehead atoms. The highest BCUT2D eigenvalue weighted by Crippen LogP contribution is 2.07. The van der Waals surface area contributed by atoms with Crippen LogP contribution in [-0.4, -0.2) is 25.2 Å². The summed E-state index contributed by atoms with van der Waals surface area (Å²) in [6.07, 6.45) is 13.5. The van der Waals surface area contributed by atoms with Gasteiger partial charge in [0.25, 0.3) is 0 Å². The van der Waals surface area contributed by atoms with E-state index in [-0.39, 0.29) is 11.9 Å². The van der Waals surface area contributed by atoms with Gasteiger partial charge in [-0.1, -0.05) is 48.3 Å². The molecule has 0 aliphatic heterocycles. The van der Waals surface area contributed by atoms with Crippen molar-refractivity contribution in [3.8, 4) is 0 Å². The lowest BCUT2D eigenvalue weighted by Crippen LogP contribution is -2.02. The van der Waals surface area contributed by atoms with E-state index in [0.29, 0.717) is 26.1 Å². The second kappa shape index (κ2) is 20.2. The van der Waals surface area contributed by atoms with Crippen LogP contribution in [0.4, 0.5) is 0 Å². The summed E-state index contributed by atoms with van der Waals surface area (Å²) in [6.45, 7) is 17.0. The molecule has 4 heteroatoms. The molecule has 0 aromatic rings. The van der Waals surface area contributed by atoms with Crippen molar-refractivity contribution >= 4 is 11.9 Å². The van der Waals surface area contributed by atoms with Crippen molar-refractivity contribution in [1.29, 1.82) is 0 Å². The molecule has 0 saturated carbocycles.